The third-order valence-electron chi connectivity index (χ3n) is 5.60. The lowest BCUT2D eigenvalue weighted by Gasteiger charge is -2.35. The van der Waals surface area contributed by atoms with Crippen LogP contribution in [-0.4, -0.2) is 41.6 Å². The third kappa shape index (κ3) is 4.41. The number of primary amides is 2. The second kappa shape index (κ2) is 9.07. The smallest absolute Gasteiger partial charge is 0.315 e. The van der Waals surface area contributed by atoms with Gasteiger partial charge in [-0.1, -0.05) is 54.6 Å². The second-order valence-corrected chi connectivity index (χ2v) is 7.40. The molecule has 7 nitrogen and oxygen atoms in total. The molecule has 0 radical (unpaired) electrons. The van der Waals surface area contributed by atoms with Crippen LogP contribution in [0.3, 0.4) is 0 Å². The number of hydrogen-bond acceptors (Lipinski definition) is 4. The van der Waals surface area contributed by atoms with E-state index in [2.05, 4.69) is 5.32 Å². The van der Waals surface area contributed by atoms with E-state index in [1.165, 1.54) is 4.90 Å². The molecule has 1 unspecified atom stereocenters. The predicted molar refractivity (Wildman–Crippen MR) is 111 cm³/mol. The highest BCUT2D eigenvalue weighted by Crippen LogP contribution is 2.38. The van der Waals surface area contributed by atoms with Gasteiger partial charge >= 0.3 is 6.03 Å². The van der Waals surface area contributed by atoms with Gasteiger partial charge in [-0.2, -0.15) is 0 Å². The number of urea groups is 1. The number of aliphatic hydroxyl groups is 1. The van der Waals surface area contributed by atoms with Gasteiger partial charge in [0.15, 0.2) is 0 Å². The Morgan fingerprint density at radius 1 is 1.10 bits per heavy atom. The van der Waals surface area contributed by atoms with Crippen LogP contribution in [0.2, 0.25) is 0 Å². The molecule has 2 aromatic rings. The van der Waals surface area contributed by atoms with Gasteiger partial charge in [0.2, 0.25) is 5.91 Å². The number of likely N-dealkylation sites (tertiary alicyclic amines) is 1. The number of aliphatic hydroxyl groups excluding tert-OH is 1. The van der Waals surface area contributed by atoms with E-state index in [1.54, 1.807) is 0 Å². The van der Waals surface area contributed by atoms with Crippen LogP contribution in [0.25, 0.3) is 0 Å². The van der Waals surface area contributed by atoms with Crippen molar-refractivity contribution >= 4 is 11.9 Å². The predicted octanol–water partition coefficient (Wildman–Crippen LogP) is 1.41. The fourth-order valence-electron chi connectivity index (χ4n) is 4.03. The summed E-state index contributed by atoms with van der Waals surface area (Å²) in [6.45, 7) is 1.60. The fourth-order valence-corrected chi connectivity index (χ4v) is 4.03. The number of hydrogen-bond donors (Lipinski definition) is 4. The van der Waals surface area contributed by atoms with Crippen LogP contribution in [0.15, 0.2) is 54.6 Å². The van der Waals surface area contributed by atoms with E-state index in [4.69, 9.17) is 11.5 Å². The Hall–Kier alpha value is -2.90. The summed E-state index contributed by atoms with van der Waals surface area (Å²) in [5.41, 5.74) is 12.7. The quantitative estimate of drug-likeness (QED) is 0.504. The first kappa shape index (κ1) is 20.8. The third-order valence-corrected chi connectivity index (χ3v) is 5.60. The van der Waals surface area contributed by atoms with Crippen LogP contribution >= 0.6 is 0 Å². The molecule has 3 amide bonds. The lowest BCUT2D eigenvalue weighted by atomic mass is 9.86. The normalized spacial score (nSPS) is 19.8. The summed E-state index contributed by atoms with van der Waals surface area (Å²) in [7, 11) is 0. The number of benzene rings is 2. The summed E-state index contributed by atoms with van der Waals surface area (Å²) < 4.78 is 0. The van der Waals surface area contributed by atoms with Gasteiger partial charge in [-0.05, 0) is 42.5 Å². The first-order valence-corrected chi connectivity index (χ1v) is 9.85. The number of rotatable bonds is 8. The van der Waals surface area contributed by atoms with Crippen molar-refractivity contribution in [1.29, 1.82) is 0 Å². The van der Waals surface area contributed by atoms with Crippen molar-refractivity contribution in [1.82, 2.24) is 10.2 Å². The van der Waals surface area contributed by atoms with E-state index >= 15 is 0 Å². The largest absolute Gasteiger partial charge is 0.387 e. The zero-order valence-corrected chi connectivity index (χ0v) is 16.4. The molecular weight excluding hydrogens is 368 g/mol. The Kier molecular flexibility index (Phi) is 6.51. The average Bonchev–Trinajstić information content (AvgIpc) is 3.19. The highest BCUT2D eigenvalue weighted by Gasteiger charge is 2.49. The van der Waals surface area contributed by atoms with Gasteiger partial charge in [0.1, 0.15) is 5.54 Å². The van der Waals surface area contributed by atoms with Gasteiger partial charge in [0.25, 0.3) is 0 Å². The van der Waals surface area contributed by atoms with Gasteiger partial charge in [-0.3, -0.25) is 4.79 Å². The van der Waals surface area contributed by atoms with Crippen molar-refractivity contribution in [2.24, 2.45) is 11.5 Å². The van der Waals surface area contributed by atoms with Crippen molar-refractivity contribution in [2.45, 2.75) is 30.9 Å². The summed E-state index contributed by atoms with van der Waals surface area (Å²) >= 11 is 0. The maximum Gasteiger partial charge on any atom is 0.315 e. The minimum atomic E-state index is -1.16. The molecule has 6 N–H and O–H groups in total. The van der Waals surface area contributed by atoms with Crippen molar-refractivity contribution in [3.8, 4) is 0 Å². The number of nitrogens with one attached hydrogen (secondary N) is 1. The Morgan fingerprint density at radius 2 is 1.79 bits per heavy atom. The maximum atomic E-state index is 12.3. The van der Waals surface area contributed by atoms with E-state index in [1.807, 2.05) is 54.6 Å². The molecule has 29 heavy (non-hydrogen) atoms. The molecule has 1 aliphatic rings. The van der Waals surface area contributed by atoms with E-state index in [0.717, 1.165) is 17.5 Å². The van der Waals surface area contributed by atoms with Crippen LogP contribution in [0, 0.1) is 0 Å². The standard InChI is InChI=1S/C22H28N4O3/c23-20(28)22(12-4-14-26(22)21(24)29)18-9-7-16(8-10-18)11-13-25-15-19(27)17-5-2-1-3-6-17/h1-3,5-10,19,25,27H,4,11-15H2,(H2,23,28)(H2,24,29)/t19-,22?/m0/s1. The Bertz CT molecular complexity index is 841. The van der Waals surface area contributed by atoms with Crippen LogP contribution in [0.5, 0.6) is 0 Å². The number of nitrogens with zero attached hydrogens (tertiary/aromatic N) is 1. The van der Waals surface area contributed by atoms with Gasteiger partial charge in [0.05, 0.1) is 6.10 Å². The van der Waals surface area contributed by atoms with E-state index in [0.29, 0.717) is 38.0 Å². The van der Waals surface area contributed by atoms with Gasteiger partial charge in [0, 0.05) is 13.1 Å². The second-order valence-electron chi connectivity index (χ2n) is 7.40. The van der Waals surface area contributed by atoms with E-state index in [9.17, 15) is 14.7 Å². The summed E-state index contributed by atoms with van der Waals surface area (Å²) in [6.07, 6.45) is 1.38. The maximum absolute atomic E-state index is 12.3. The summed E-state index contributed by atoms with van der Waals surface area (Å²) in [5, 5.41) is 13.4. The topological polar surface area (TPSA) is 122 Å². The van der Waals surface area contributed by atoms with Crippen LogP contribution < -0.4 is 16.8 Å². The Labute approximate surface area is 170 Å². The monoisotopic (exact) mass is 396 g/mol. The van der Waals surface area contributed by atoms with Crippen LogP contribution in [0.1, 0.15) is 35.6 Å². The number of nitrogens with two attached hydrogens (primary N) is 2. The minimum Gasteiger partial charge on any atom is -0.387 e. The zero-order valence-electron chi connectivity index (χ0n) is 16.4. The molecule has 1 fully saturated rings. The molecule has 2 aromatic carbocycles. The fraction of sp³-hybridized carbons (Fsp3) is 0.364. The first-order chi connectivity index (χ1) is 13.9. The Morgan fingerprint density at radius 3 is 2.41 bits per heavy atom. The van der Waals surface area contributed by atoms with Crippen LogP contribution in [-0.2, 0) is 16.8 Å². The molecule has 0 aromatic heterocycles. The highest BCUT2D eigenvalue weighted by molar-refractivity contribution is 5.91. The molecule has 1 aliphatic heterocycles. The molecule has 0 bridgehead atoms. The SMILES string of the molecule is NC(=O)N1CCCC1(C(N)=O)c1ccc(CCNC[C@H](O)c2ccccc2)cc1. The summed E-state index contributed by atoms with van der Waals surface area (Å²) in [4.78, 5) is 25.4. The highest BCUT2D eigenvalue weighted by atomic mass is 16.3. The van der Waals surface area contributed by atoms with E-state index in [-0.39, 0.29) is 0 Å². The first-order valence-electron chi connectivity index (χ1n) is 9.85. The molecule has 7 heteroatoms. The Balaban J connectivity index is 1.58. The molecule has 2 atom stereocenters. The lowest BCUT2D eigenvalue weighted by Crippen LogP contribution is -2.55. The summed E-state index contributed by atoms with van der Waals surface area (Å²) in [5.74, 6) is -0.557. The average molecular weight is 396 g/mol. The van der Waals surface area contributed by atoms with Gasteiger partial charge < -0.3 is 26.8 Å². The van der Waals surface area contributed by atoms with E-state index < -0.39 is 23.6 Å². The molecule has 0 aliphatic carbocycles. The van der Waals surface area contributed by atoms with Crippen molar-refractivity contribution < 1.29 is 14.7 Å². The number of carbonyl (C=O) groups excluding carboxylic acids is 2. The van der Waals surface area contributed by atoms with Crippen molar-refractivity contribution in [2.75, 3.05) is 19.6 Å². The zero-order chi connectivity index (χ0) is 20.9. The van der Waals surface area contributed by atoms with Crippen molar-refractivity contribution in [3.05, 3.63) is 71.3 Å². The number of amides is 3. The number of carbonyl (C=O) groups is 2. The minimum absolute atomic E-state index is 0.424. The molecule has 3 rings (SSSR count). The van der Waals surface area contributed by atoms with Crippen LogP contribution in [0.4, 0.5) is 4.79 Å². The molecule has 154 valence electrons. The lowest BCUT2D eigenvalue weighted by molar-refractivity contribution is -0.127. The molecular formula is C22H28N4O3. The van der Waals surface area contributed by atoms with Gasteiger partial charge in [-0.25, -0.2) is 4.79 Å². The molecule has 0 saturated carbocycles. The molecule has 1 heterocycles. The molecule has 1 saturated heterocycles. The molecule has 0 spiro atoms. The summed E-state index contributed by atoms with van der Waals surface area (Å²) in [6, 6.07) is 16.5. The van der Waals surface area contributed by atoms with Gasteiger partial charge in [-0.15, -0.1) is 0 Å². The van der Waals surface area contributed by atoms with Crippen molar-refractivity contribution in [3.63, 3.8) is 0 Å².